The Labute approximate surface area is 193 Å². The van der Waals surface area contributed by atoms with E-state index in [9.17, 15) is 9.35 Å². The summed E-state index contributed by atoms with van der Waals surface area (Å²) in [6.45, 7) is 2.83. The lowest BCUT2D eigenvalue weighted by atomic mass is 9.95. The zero-order valence-electron chi connectivity index (χ0n) is 17.4. The number of pyridine rings is 1. The van der Waals surface area contributed by atoms with Gasteiger partial charge in [0, 0.05) is 72.5 Å². The molecule has 4 aromatic rings. The lowest BCUT2D eigenvalue weighted by Gasteiger charge is -2.39. The number of fused-ring (bicyclic) bond motifs is 3. The van der Waals surface area contributed by atoms with Crippen molar-refractivity contribution in [2.24, 2.45) is 0 Å². The van der Waals surface area contributed by atoms with Crippen LogP contribution in [-0.2, 0) is 16.9 Å². The normalized spacial score (nSPS) is 21.2. The van der Waals surface area contributed by atoms with Crippen molar-refractivity contribution in [1.82, 2.24) is 19.8 Å². The number of thiophene rings is 1. The fourth-order valence-corrected chi connectivity index (χ4v) is 7.43. The molecule has 2 aliphatic rings. The number of H-pyrrole nitrogens is 1. The summed E-state index contributed by atoms with van der Waals surface area (Å²) in [4.78, 5) is 25.0. The highest BCUT2D eigenvalue weighted by molar-refractivity contribution is 7.92. The summed E-state index contributed by atoms with van der Waals surface area (Å²) in [5.41, 5.74) is 5.01. The molecular weight excluding hydrogens is 440 g/mol. The van der Waals surface area contributed by atoms with Crippen LogP contribution >= 0.6 is 11.3 Å². The lowest BCUT2D eigenvalue weighted by molar-refractivity contribution is 0.0597. The Morgan fingerprint density at radius 1 is 1.09 bits per heavy atom. The number of carbonyl (C=O) groups excluding carboxylic acids is 1. The summed E-state index contributed by atoms with van der Waals surface area (Å²) in [5, 5.41) is 3.00. The van der Waals surface area contributed by atoms with Crippen LogP contribution in [0.5, 0.6) is 0 Å². The van der Waals surface area contributed by atoms with E-state index in [0.717, 1.165) is 39.3 Å². The molecule has 32 heavy (non-hydrogen) atoms. The first-order valence-electron chi connectivity index (χ1n) is 10.7. The third-order valence-electron chi connectivity index (χ3n) is 6.46. The minimum absolute atomic E-state index is 0.0174. The number of carbonyl (C=O) groups is 1. The monoisotopic (exact) mass is 462 g/mol. The van der Waals surface area contributed by atoms with Crippen LogP contribution in [0.4, 0.5) is 0 Å². The largest absolute Gasteiger partial charge is 0.611 e. The maximum absolute atomic E-state index is 13.3. The first-order chi connectivity index (χ1) is 15.7. The summed E-state index contributed by atoms with van der Waals surface area (Å²) >= 11 is 0.568. The Kier molecular flexibility index (Phi) is 5.02. The highest BCUT2D eigenvalue weighted by Crippen LogP contribution is 2.42. The summed E-state index contributed by atoms with van der Waals surface area (Å²) in [7, 11) is 0. The van der Waals surface area contributed by atoms with Gasteiger partial charge in [0.1, 0.15) is 5.75 Å². The molecule has 6 rings (SSSR count). The quantitative estimate of drug-likeness (QED) is 0.460. The SMILES string of the molecule is O=C(c1cncc2cc[nH]c12)N1CCN(C2c3ccccc3C[S+]([O-])c3sccc32)CC1. The van der Waals surface area contributed by atoms with Gasteiger partial charge in [0.2, 0.25) is 4.21 Å². The van der Waals surface area contributed by atoms with Gasteiger partial charge in [-0.1, -0.05) is 35.6 Å². The molecule has 0 bridgehead atoms. The topological polar surface area (TPSA) is 75.3 Å². The van der Waals surface area contributed by atoms with Gasteiger partial charge in [-0.25, -0.2) is 0 Å². The summed E-state index contributed by atoms with van der Waals surface area (Å²) < 4.78 is 14.0. The molecule has 2 atom stereocenters. The molecule has 6 nitrogen and oxygen atoms in total. The van der Waals surface area contributed by atoms with Gasteiger partial charge in [-0.3, -0.25) is 14.7 Å². The number of hydrogen-bond donors (Lipinski definition) is 1. The Hall–Kier alpha value is -2.65. The molecule has 1 fully saturated rings. The molecule has 2 unspecified atom stereocenters. The van der Waals surface area contributed by atoms with E-state index in [0.29, 0.717) is 24.4 Å². The molecule has 0 aliphatic carbocycles. The van der Waals surface area contributed by atoms with Crippen LogP contribution in [0.2, 0.25) is 0 Å². The van der Waals surface area contributed by atoms with Crippen molar-refractivity contribution in [2.45, 2.75) is 16.0 Å². The van der Waals surface area contributed by atoms with Crippen molar-refractivity contribution in [2.75, 3.05) is 26.2 Å². The van der Waals surface area contributed by atoms with Gasteiger partial charge in [-0.05, 0) is 23.1 Å². The molecule has 8 heteroatoms. The van der Waals surface area contributed by atoms with E-state index in [1.807, 2.05) is 28.6 Å². The molecule has 1 N–H and O–H groups in total. The first-order valence-corrected chi connectivity index (χ1v) is 12.9. The van der Waals surface area contributed by atoms with E-state index in [1.165, 1.54) is 5.56 Å². The standard InChI is InChI=1S/C24H22N4O2S2/c29-23(20-14-25-13-16-5-7-26-21(16)20)28-10-8-27(9-11-28)22-18-4-2-1-3-17(18)15-32(30)24-19(22)6-12-31-24/h1-7,12-14,22,26H,8-11,15H2. The third kappa shape index (κ3) is 3.26. The third-order valence-corrected chi connectivity index (χ3v) is 9.25. The Morgan fingerprint density at radius 3 is 2.81 bits per heavy atom. The van der Waals surface area contributed by atoms with Crippen LogP contribution < -0.4 is 0 Å². The molecular formula is C24H22N4O2S2. The fraction of sp³-hybridized carbons (Fsp3) is 0.250. The Morgan fingerprint density at radius 2 is 1.94 bits per heavy atom. The smallest absolute Gasteiger partial charge is 0.257 e. The summed E-state index contributed by atoms with van der Waals surface area (Å²) in [5.74, 6) is 0.579. The highest BCUT2D eigenvalue weighted by atomic mass is 32.2. The van der Waals surface area contributed by atoms with Crippen LogP contribution in [0.25, 0.3) is 10.9 Å². The van der Waals surface area contributed by atoms with Gasteiger partial charge in [-0.15, -0.1) is 0 Å². The minimum Gasteiger partial charge on any atom is -0.611 e. The lowest BCUT2D eigenvalue weighted by Crippen LogP contribution is -2.50. The molecule has 1 amide bonds. The van der Waals surface area contributed by atoms with Crippen LogP contribution in [0.15, 0.2) is 64.6 Å². The van der Waals surface area contributed by atoms with E-state index >= 15 is 0 Å². The fourth-order valence-electron chi connectivity index (χ4n) is 4.89. The minimum atomic E-state index is -1.02. The molecule has 0 spiro atoms. The number of nitrogens with one attached hydrogen (secondary N) is 1. The van der Waals surface area contributed by atoms with Crippen LogP contribution in [0, 0.1) is 0 Å². The molecule has 162 valence electrons. The van der Waals surface area contributed by atoms with Crippen molar-refractivity contribution in [3.63, 3.8) is 0 Å². The Balaban J connectivity index is 1.28. The number of aromatic amines is 1. The maximum Gasteiger partial charge on any atom is 0.257 e. The Bertz CT molecular complexity index is 1290. The van der Waals surface area contributed by atoms with Gasteiger partial charge in [0.25, 0.3) is 5.91 Å². The van der Waals surface area contributed by atoms with Crippen molar-refractivity contribution < 1.29 is 9.35 Å². The van der Waals surface area contributed by atoms with Crippen molar-refractivity contribution in [1.29, 1.82) is 0 Å². The predicted molar refractivity (Wildman–Crippen MR) is 126 cm³/mol. The molecule has 0 saturated carbocycles. The number of piperazine rings is 1. The molecule has 1 aromatic carbocycles. The predicted octanol–water partition coefficient (Wildman–Crippen LogP) is 3.79. The molecule has 5 heterocycles. The van der Waals surface area contributed by atoms with Crippen LogP contribution in [-0.4, -0.2) is 56.4 Å². The average molecular weight is 463 g/mol. The van der Waals surface area contributed by atoms with Gasteiger partial charge in [0.15, 0.2) is 0 Å². The van der Waals surface area contributed by atoms with E-state index in [-0.39, 0.29) is 11.9 Å². The number of hydrogen-bond acceptors (Lipinski definition) is 5. The number of nitrogens with zero attached hydrogens (tertiary/aromatic N) is 3. The first kappa shape index (κ1) is 20.0. The van der Waals surface area contributed by atoms with Gasteiger partial charge in [-0.2, -0.15) is 0 Å². The van der Waals surface area contributed by atoms with Crippen molar-refractivity contribution in [3.05, 3.63) is 82.6 Å². The average Bonchev–Trinajstić information content (AvgIpc) is 3.48. The van der Waals surface area contributed by atoms with E-state index in [1.54, 1.807) is 23.7 Å². The number of rotatable bonds is 2. The summed E-state index contributed by atoms with van der Waals surface area (Å²) in [6.07, 6.45) is 5.27. The van der Waals surface area contributed by atoms with Crippen LogP contribution in [0.1, 0.15) is 33.1 Å². The summed E-state index contributed by atoms with van der Waals surface area (Å²) in [6, 6.07) is 12.5. The van der Waals surface area contributed by atoms with E-state index in [4.69, 9.17) is 0 Å². The molecule has 1 saturated heterocycles. The zero-order valence-corrected chi connectivity index (χ0v) is 19.0. The van der Waals surface area contributed by atoms with Crippen molar-refractivity contribution in [3.8, 4) is 0 Å². The number of aromatic nitrogens is 2. The molecule has 0 radical (unpaired) electrons. The molecule has 2 aliphatic heterocycles. The number of amides is 1. The maximum atomic E-state index is 13.3. The van der Waals surface area contributed by atoms with Crippen molar-refractivity contribution >= 4 is 39.3 Å². The van der Waals surface area contributed by atoms with Gasteiger partial charge < -0.3 is 14.4 Å². The van der Waals surface area contributed by atoms with E-state index < -0.39 is 11.2 Å². The zero-order chi connectivity index (χ0) is 21.7. The highest BCUT2D eigenvalue weighted by Gasteiger charge is 2.37. The second-order valence-corrected chi connectivity index (χ2v) is 10.8. The molecule has 3 aromatic heterocycles. The second-order valence-electron chi connectivity index (χ2n) is 8.21. The second kappa shape index (κ2) is 8.04. The van der Waals surface area contributed by atoms with Gasteiger partial charge in [0.05, 0.1) is 17.1 Å². The van der Waals surface area contributed by atoms with Gasteiger partial charge >= 0.3 is 0 Å². The number of benzene rings is 1. The van der Waals surface area contributed by atoms with Crippen LogP contribution in [0.3, 0.4) is 0 Å². The van der Waals surface area contributed by atoms with E-state index in [2.05, 4.69) is 39.1 Å².